The molecule has 0 spiro atoms. The quantitative estimate of drug-likeness (QED) is 0.220. The lowest BCUT2D eigenvalue weighted by Crippen LogP contribution is -2.22. The second kappa shape index (κ2) is 8.53. The van der Waals surface area contributed by atoms with Crippen LogP contribution in [0.2, 0.25) is 0 Å². The third-order valence-electron chi connectivity index (χ3n) is 8.58. The van der Waals surface area contributed by atoms with Crippen LogP contribution < -0.4 is 0 Å². The molecule has 1 aromatic heterocycles. The van der Waals surface area contributed by atoms with Crippen molar-refractivity contribution in [3.63, 3.8) is 0 Å². The molecule has 1 aliphatic rings. The van der Waals surface area contributed by atoms with Gasteiger partial charge in [0.15, 0.2) is 0 Å². The van der Waals surface area contributed by atoms with E-state index in [4.69, 9.17) is 0 Å². The highest BCUT2D eigenvalue weighted by atomic mass is 32.1. The molecule has 0 bridgehead atoms. The zero-order chi connectivity index (χ0) is 26.0. The van der Waals surface area contributed by atoms with E-state index >= 15 is 0 Å². The van der Waals surface area contributed by atoms with Crippen molar-refractivity contribution in [2.75, 3.05) is 0 Å². The molecule has 0 radical (unpaired) electrons. The molecule has 0 amide bonds. The van der Waals surface area contributed by atoms with Gasteiger partial charge in [-0.15, -0.1) is 11.3 Å². The van der Waals surface area contributed by atoms with Crippen molar-refractivity contribution in [2.24, 2.45) is 0 Å². The maximum absolute atomic E-state index is 2.41. The normalized spacial score (nSPS) is 15.9. The zero-order valence-corrected chi connectivity index (χ0v) is 22.5. The van der Waals surface area contributed by atoms with E-state index in [0.717, 1.165) is 0 Å². The van der Waals surface area contributed by atoms with Gasteiger partial charge in [-0.3, -0.25) is 0 Å². The van der Waals surface area contributed by atoms with E-state index in [1.807, 2.05) is 11.3 Å². The Kier molecular flexibility index (Phi) is 4.92. The average molecular weight is 515 g/mol. The van der Waals surface area contributed by atoms with Gasteiger partial charge in [0, 0.05) is 31.2 Å². The molecule has 8 rings (SSSR count). The number of hydrogen-bond donors (Lipinski definition) is 0. The molecule has 7 aromatic rings. The van der Waals surface area contributed by atoms with E-state index in [9.17, 15) is 0 Å². The average Bonchev–Trinajstić information content (AvgIpc) is 3.52. The van der Waals surface area contributed by atoms with Crippen LogP contribution in [0.1, 0.15) is 23.6 Å². The molecule has 1 heteroatoms. The molecule has 184 valence electrons. The van der Waals surface area contributed by atoms with Gasteiger partial charge in [0.2, 0.25) is 0 Å². The Morgan fingerprint density at radius 3 is 2.05 bits per heavy atom. The van der Waals surface area contributed by atoms with E-state index in [1.165, 1.54) is 70.2 Å². The molecule has 0 N–H and O–H groups in total. The first-order valence-electron chi connectivity index (χ1n) is 13.5. The van der Waals surface area contributed by atoms with Crippen molar-refractivity contribution in [1.29, 1.82) is 0 Å². The predicted molar refractivity (Wildman–Crippen MR) is 168 cm³/mol. The number of thiophene rings is 1. The molecule has 1 unspecified atom stereocenters. The van der Waals surface area contributed by atoms with Crippen LogP contribution in [0.3, 0.4) is 0 Å². The fraction of sp³-hybridized carbons (Fsp3) is 0.0526. The highest BCUT2D eigenvalue weighted by Gasteiger charge is 2.42. The molecule has 0 fully saturated rings. The minimum absolute atomic E-state index is 0.249. The first-order chi connectivity index (χ1) is 19.2. The van der Waals surface area contributed by atoms with Crippen molar-refractivity contribution < 1.29 is 0 Å². The molecule has 39 heavy (non-hydrogen) atoms. The van der Waals surface area contributed by atoms with Gasteiger partial charge in [0.05, 0.1) is 0 Å². The molecule has 0 aliphatic heterocycles. The first-order valence-corrected chi connectivity index (χ1v) is 14.3. The Balaban J connectivity index is 1.40. The highest BCUT2D eigenvalue weighted by molar-refractivity contribution is 7.26. The van der Waals surface area contributed by atoms with Gasteiger partial charge >= 0.3 is 0 Å². The minimum Gasteiger partial charge on any atom is -0.135 e. The largest absolute Gasteiger partial charge is 0.135 e. The van der Waals surface area contributed by atoms with Crippen LogP contribution in [0.25, 0.3) is 53.6 Å². The third kappa shape index (κ3) is 3.24. The summed E-state index contributed by atoms with van der Waals surface area (Å²) in [6, 6.07) is 51.4. The summed E-state index contributed by atoms with van der Waals surface area (Å²) in [7, 11) is 0. The van der Waals surface area contributed by atoms with Crippen LogP contribution in [0.5, 0.6) is 0 Å². The topological polar surface area (TPSA) is 0 Å². The minimum atomic E-state index is -0.249. The summed E-state index contributed by atoms with van der Waals surface area (Å²) < 4.78 is 2.71. The Morgan fingerprint density at radius 2 is 1.13 bits per heavy atom. The first kappa shape index (κ1) is 22.5. The molecule has 1 aliphatic carbocycles. The van der Waals surface area contributed by atoms with Crippen molar-refractivity contribution in [3.05, 3.63) is 156 Å². The van der Waals surface area contributed by atoms with Crippen LogP contribution >= 0.6 is 11.3 Å². The van der Waals surface area contributed by atoms with Gasteiger partial charge in [0.25, 0.3) is 0 Å². The van der Waals surface area contributed by atoms with Crippen LogP contribution in [0.15, 0.2) is 140 Å². The summed E-state index contributed by atoms with van der Waals surface area (Å²) in [5.74, 6) is 0. The monoisotopic (exact) mass is 514 g/mol. The molecular weight excluding hydrogens is 488 g/mol. The van der Waals surface area contributed by atoms with E-state index in [-0.39, 0.29) is 5.41 Å². The van der Waals surface area contributed by atoms with Crippen LogP contribution in [-0.2, 0) is 5.41 Å². The van der Waals surface area contributed by atoms with Crippen LogP contribution in [-0.4, -0.2) is 0 Å². The van der Waals surface area contributed by atoms with Gasteiger partial charge in [-0.1, -0.05) is 127 Å². The summed E-state index contributed by atoms with van der Waals surface area (Å²) in [5.41, 5.74) is 11.7. The fourth-order valence-corrected chi connectivity index (χ4v) is 7.91. The Hall–Kier alpha value is -4.46. The molecule has 0 saturated heterocycles. The lowest BCUT2D eigenvalue weighted by molar-refractivity contribution is 0.714. The molecular formula is C38H26S. The third-order valence-corrected chi connectivity index (χ3v) is 9.80. The Bertz CT molecular complexity index is 2030. The maximum atomic E-state index is 2.41. The molecule has 6 aromatic carbocycles. The Morgan fingerprint density at radius 1 is 0.487 bits per heavy atom. The predicted octanol–water partition coefficient (Wildman–Crippen LogP) is 10.7. The molecule has 1 atom stereocenters. The van der Waals surface area contributed by atoms with Gasteiger partial charge in [-0.2, -0.15) is 0 Å². The molecule has 1 heterocycles. The Labute approximate surface area is 232 Å². The van der Waals surface area contributed by atoms with Crippen molar-refractivity contribution >= 4 is 31.5 Å². The highest BCUT2D eigenvalue weighted by Crippen LogP contribution is 2.56. The summed E-state index contributed by atoms with van der Waals surface area (Å²) in [6.07, 6.45) is 0. The van der Waals surface area contributed by atoms with Crippen molar-refractivity contribution in [1.82, 2.24) is 0 Å². The molecule has 0 saturated carbocycles. The zero-order valence-electron chi connectivity index (χ0n) is 21.7. The van der Waals surface area contributed by atoms with Crippen molar-refractivity contribution in [2.45, 2.75) is 12.3 Å². The van der Waals surface area contributed by atoms with Gasteiger partial charge in [0.1, 0.15) is 0 Å². The van der Waals surface area contributed by atoms with Gasteiger partial charge in [-0.05, 0) is 63.6 Å². The lowest BCUT2D eigenvalue weighted by atomic mass is 9.73. The summed E-state index contributed by atoms with van der Waals surface area (Å²) >= 11 is 1.91. The summed E-state index contributed by atoms with van der Waals surface area (Å²) in [6.45, 7) is 2.41. The number of benzene rings is 6. The van der Waals surface area contributed by atoms with E-state index in [1.54, 1.807) is 0 Å². The maximum Gasteiger partial charge on any atom is 0.0435 e. The van der Waals surface area contributed by atoms with Gasteiger partial charge in [-0.25, -0.2) is 0 Å². The standard InChI is InChI=1S/C38H26S/c1-38(27-15-9-14-26(24-27)25-12-3-2-4-13-25)33-21-7-5-17-32(33)36-29(18-11-22-34(36)38)31-20-10-19-30-28-16-6-8-23-35(28)39-37(30)31/h2-24H,1H3. The smallest absolute Gasteiger partial charge is 0.0435 e. The van der Waals surface area contributed by atoms with E-state index in [2.05, 4.69) is 146 Å². The summed E-state index contributed by atoms with van der Waals surface area (Å²) in [4.78, 5) is 0. The van der Waals surface area contributed by atoms with E-state index in [0.29, 0.717) is 0 Å². The SMILES string of the molecule is CC1(c2cccc(-c3ccccc3)c2)c2ccccc2-c2c(-c3cccc4c3sc3ccccc34)cccc21. The second-order valence-corrected chi connectivity index (χ2v) is 11.7. The number of hydrogen-bond acceptors (Lipinski definition) is 1. The molecule has 0 nitrogen and oxygen atoms in total. The fourth-order valence-electron chi connectivity index (χ4n) is 6.68. The number of fused-ring (bicyclic) bond motifs is 6. The lowest BCUT2D eigenvalue weighted by Gasteiger charge is -2.29. The van der Waals surface area contributed by atoms with E-state index < -0.39 is 0 Å². The van der Waals surface area contributed by atoms with Crippen LogP contribution in [0.4, 0.5) is 0 Å². The summed E-state index contributed by atoms with van der Waals surface area (Å²) in [5, 5.41) is 2.69. The second-order valence-electron chi connectivity index (χ2n) is 10.6. The van der Waals surface area contributed by atoms with Crippen molar-refractivity contribution in [3.8, 4) is 33.4 Å². The van der Waals surface area contributed by atoms with Gasteiger partial charge < -0.3 is 0 Å². The van der Waals surface area contributed by atoms with Crippen LogP contribution in [0, 0.1) is 0 Å². The number of rotatable bonds is 3.